The molecule has 1 aliphatic rings. The molecule has 3 rings (SSSR count). The Morgan fingerprint density at radius 3 is 2.89 bits per heavy atom. The minimum Gasteiger partial charge on any atom is -0.278 e. The van der Waals surface area contributed by atoms with Crippen molar-refractivity contribution in [2.45, 2.75) is 6.42 Å². The van der Waals surface area contributed by atoms with Crippen LogP contribution in [0.4, 0.5) is 10.6 Å². The average molecular weight is 321 g/mol. The van der Waals surface area contributed by atoms with Crippen LogP contribution in [0.2, 0.25) is 0 Å². The lowest BCUT2D eigenvalue weighted by Crippen LogP contribution is -2.50. The van der Waals surface area contributed by atoms with Gasteiger partial charge >= 0.3 is 6.03 Å². The fraction of sp³-hybridized carbons (Fsp3) is 0.167. The number of hydrogen-bond donors (Lipinski definition) is 1. The van der Waals surface area contributed by atoms with Crippen LogP contribution in [0.15, 0.2) is 29.0 Å². The topological polar surface area (TPSA) is 75.2 Å². The molecule has 0 spiro atoms. The standard InChI is InChI=1S/C12H9BrN4O2/c13-7-1-2-9-8(5-7)11(15-6-14-9)17-4-3-10(18)16-12(17)19/h1-2,5-6H,3-4H2,(H,16,18,19). The van der Waals surface area contributed by atoms with Gasteiger partial charge in [0.25, 0.3) is 0 Å². The molecule has 2 heterocycles. The molecular formula is C12H9BrN4O2. The lowest BCUT2D eigenvalue weighted by Gasteiger charge is -2.26. The minimum atomic E-state index is -0.448. The second-order valence-corrected chi connectivity index (χ2v) is 5.03. The molecule has 0 bridgehead atoms. The van der Waals surface area contributed by atoms with Crippen molar-refractivity contribution in [1.82, 2.24) is 15.3 Å². The molecule has 1 aliphatic heterocycles. The molecule has 96 valence electrons. The number of rotatable bonds is 1. The van der Waals surface area contributed by atoms with Crippen LogP contribution in [-0.4, -0.2) is 28.5 Å². The predicted molar refractivity (Wildman–Crippen MR) is 72.7 cm³/mol. The quantitative estimate of drug-likeness (QED) is 0.870. The molecule has 19 heavy (non-hydrogen) atoms. The van der Waals surface area contributed by atoms with Crippen LogP contribution in [0.3, 0.4) is 0 Å². The summed E-state index contributed by atoms with van der Waals surface area (Å²) >= 11 is 3.39. The Morgan fingerprint density at radius 1 is 1.26 bits per heavy atom. The normalized spacial score (nSPS) is 15.7. The highest BCUT2D eigenvalue weighted by Gasteiger charge is 2.26. The summed E-state index contributed by atoms with van der Waals surface area (Å²) in [6.45, 7) is 0.323. The summed E-state index contributed by atoms with van der Waals surface area (Å²) in [6.07, 6.45) is 1.68. The number of benzene rings is 1. The Morgan fingerprint density at radius 2 is 2.11 bits per heavy atom. The van der Waals surface area contributed by atoms with E-state index in [1.165, 1.54) is 11.2 Å². The Hall–Kier alpha value is -2.02. The summed E-state index contributed by atoms with van der Waals surface area (Å²) in [5.41, 5.74) is 0.748. The molecule has 0 aliphatic carbocycles. The summed E-state index contributed by atoms with van der Waals surface area (Å²) in [5, 5.41) is 3.05. The van der Waals surface area contributed by atoms with Crippen molar-refractivity contribution >= 4 is 44.6 Å². The number of carbonyl (C=O) groups excluding carboxylic acids is 2. The molecule has 6 nitrogen and oxygen atoms in total. The van der Waals surface area contributed by atoms with Gasteiger partial charge in [-0.05, 0) is 18.2 Å². The van der Waals surface area contributed by atoms with E-state index in [0.717, 1.165) is 15.4 Å². The maximum Gasteiger partial charge on any atom is 0.329 e. The molecule has 0 radical (unpaired) electrons. The maximum atomic E-state index is 11.9. The van der Waals surface area contributed by atoms with E-state index in [9.17, 15) is 9.59 Å². The average Bonchev–Trinajstić information content (AvgIpc) is 2.38. The Kier molecular flexibility index (Phi) is 2.90. The lowest BCUT2D eigenvalue weighted by molar-refractivity contribution is -0.120. The summed E-state index contributed by atoms with van der Waals surface area (Å²) in [7, 11) is 0. The van der Waals surface area contributed by atoms with Gasteiger partial charge in [-0.3, -0.25) is 15.0 Å². The Bertz CT molecular complexity index is 688. The van der Waals surface area contributed by atoms with Crippen molar-refractivity contribution in [3.63, 3.8) is 0 Å². The number of aromatic nitrogens is 2. The predicted octanol–water partition coefficient (Wildman–Crippen LogP) is 1.84. The van der Waals surface area contributed by atoms with E-state index in [4.69, 9.17) is 0 Å². The number of nitrogens with one attached hydrogen (secondary N) is 1. The van der Waals surface area contributed by atoms with Crippen LogP contribution in [-0.2, 0) is 4.79 Å². The largest absolute Gasteiger partial charge is 0.329 e. The number of fused-ring (bicyclic) bond motifs is 1. The van der Waals surface area contributed by atoms with Crippen molar-refractivity contribution in [1.29, 1.82) is 0 Å². The zero-order valence-electron chi connectivity index (χ0n) is 9.76. The number of amides is 3. The van der Waals surface area contributed by atoms with Gasteiger partial charge in [0.15, 0.2) is 0 Å². The number of anilines is 1. The van der Waals surface area contributed by atoms with E-state index < -0.39 is 6.03 Å². The Labute approximate surface area is 117 Å². The van der Waals surface area contributed by atoms with Gasteiger partial charge in [-0.1, -0.05) is 15.9 Å². The molecular weight excluding hydrogens is 312 g/mol. The molecule has 0 atom stereocenters. The monoisotopic (exact) mass is 320 g/mol. The van der Waals surface area contributed by atoms with Crippen LogP contribution in [0, 0.1) is 0 Å². The summed E-state index contributed by atoms with van der Waals surface area (Å²) in [6, 6.07) is 5.13. The van der Waals surface area contributed by atoms with Crippen molar-refractivity contribution in [3.8, 4) is 0 Å². The summed E-state index contributed by atoms with van der Waals surface area (Å²) in [4.78, 5) is 32.8. The van der Waals surface area contributed by atoms with E-state index in [0.29, 0.717) is 12.4 Å². The van der Waals surface area contributed by atoms with Crippen molar-refractivity contribution in [3.05, 3.63) is 29.0 Å². The van der Waals surface area contributed by atoms with E-state index in [1.807, 2.05) is 18.2 Å². The SMILES string of the molecule is O=C1CCN(c2ncnc3ccc(Br)cc23)C(=O)N1. The van der Waals surface area contributed by atoms with E-state index >= 15 is 0 Å². The van der Waals surface area contributed by atoms with Gasteiger partial charge < -0.3 is 0 Å². The Balaban J connectivity index is 2.12. The molecule has 1 fully saturated rings. The lowest BCUT2D eigenvalue weighted by atomic mass is 10.2. The van der Waals surface area contributed by atoms with E-state index in [2.05, 4.69) is 31.2 Å². The maximum absolute atomic E-state index is 11.9. The highest BCUT2D eigenvalue weighted by Crippen LogP contribution is 2.26. The first-order chi connectivity index (χ1) is 9.15. The fourth-order valence-electron chi connectivity index (χ4n) is 2.00. The second-order valence-electron chi connectivity index (χ2n) is 4.11. The van der Waals surface area contributed by atoms with Gasteiger partial charge in [0.05, 0.1) is 5.52 Å². The van der Waals surface area contributed by atoms with Gasteiger partial charge in [-0.2, -0.15) is 0 Å². The number of imide groups is 1. The van der Waals surface area contributed by atoms with Crippen molar-refractivity contribution in [2.24, 2.45) is 0 Å². The highest BCUT2D eigenvalue weighted by atomic mass is 79.9. The third-order valence-corrected chi connectivity index (χ3v) is 3.38. The van der Waals surface area contributed by atoms with Gasteiger partial charge in [0, 0.05) is 22.8 Å². The van der Waals surface area contributed by atoms with Crippen molar-refractivity contribution in [2.75, 3.05) is 11.4 Å². The number of urea groups is 1. The summed E-state index contributed by atoms with van der Waals surface area (Å²) < 4.78 is 0.879. The molecule has 0 saturated carbocycles. The number of hydrogen-bond acceptors (Lipinski definition) is 4. The molecule has 0 unspecified atom stereocenters. The zero-order valence-corrected chi connectivity index (χ0v) is 11.3. The second kappa shape index (κ2) is 4.58. The molecule has 1 saturated heterocycles. The van der Waals surface area contributed by atoms with Gasteiger partial charge in [0.1, 0.15) is 12.1 Å². The van der Waals surface area contributed by atoms with Crippen LogP contribution < -0.4 is 10.2 Å². The van der Waals surface area contributed by atoms with Gasteiger partial charge in [0.2, 0.25) is 5.91 Å². The molecule has 7 heteroatoms. The van der Waals surface area contributed by atoms with Crippen LogP contribution in [0.25, 0.3) is 10.9 Å². The molecule has 1 aromatic heterocycles. The first-order valence-electron chi connectivity index (χ1n) is 5.67. The van der Waals surface area contributed by atoms with E-state index in [1.54, 1.807) is 0 Å². The van der Waals surface area contributed by atoms with Gasteiger partial charge in [-0.15, -0.1) is 0 Å². The number of carbonyl (C=O) groups is 2. The molecule has 1 N–H and O–H groups in total. The van der Waals surface area contributed by atoms with Crippen LogP contribution >= 0.6 is 15.9 Å². The zero-order chi connectivity index (χ0) is 13.4. The first-order valence-corrected chi connectivity index (χ1v) is 6.46. The molecule has 1 aromatic carbocycles. The third-order valence-electron chi connectivity index (χ3n) is 2.89. The molecule has 3 amide bonds. The van der Waals surface area contributed by atoms with Crippen molar-refractivity contribution < 1.29 is 9.59 Å². The summed E-state index contributed by atoms with van der Waals surface area (Å²) in [5.74, 6) is 0.247. The number of halogens is 1. The number of nitrogens with zero attached hydrogens (tertiary/aromatic N) is 3. The minimum absolute atomic E-state index is 0.263. The third kappa shape index (κ3) is 2.17. The van der Waals surface area contributed by atoms with E-state index in [-0.39, 0.29) is 12.3 Å². The van der Waals surface area contributed by atoms with Crippen LogP contribution in [0.1, 0.15) is 6.42 Å². The first kappa shape index (κ1) is 12.0. The van der Waals surface area contributed by atoms with Gasteiger partial charge in [-0.25, -0.2) is 14.8 Å². The highest BCUT2D eigenvalue weighted by molar-refractivity contribution is 9.10. The fourth-order valence-corrected chi connectivity index (χ4v) is 2.36. The molecule has 2 aromatic rings. The smallest absolute Gasteiger partial charge is 0.278 e. The van der Waals surface area contributed by atoms with Crippen LogP contribution in [0.5, 0.6) is 0 Å².